The van der Waals surface area contributed by atoms with Gasteiger partial charge in [-0.1, -0.05) is 5.16 Å². The molecule has 7 heteroatoms. The zero-order chi connectivity index (χ0) is 14.5. The van der Waals surface area contributed by atoms with Gasteiger partial charge >= 0.3 is 5.97 Å². The average Bonchev–Trinajstić information content (AvgIpc) is 3.04. The minimum absolute atomic E-state index is 0.0807. The molecule has 0 saturated carbocycles. The Hall–Kier alpha value is -2.15. The van der Waals surface area contributed by atoms with E-state index >= 15 is 0 Å². The number of furan rings is 1. The molecule has 0 unspecified atom stereocenters. The molecule has 0 amide bonds. The van der Waals surface area contributed by atoms with Crippen molar-refractivity contribution in [3.05, 3.63) is 24.3 Å². The Balaban J connectivity index is 2.01. The topological polar surface area (TPSA) is 92.6 Å². The number of carbonyl (C=O) groups is 1. The highest BCUT2D eigenvalue weighted by Crippen LogP contribution is 2.17. The monoisotopic (exact) mass is 279 g/mol. The Labute approximate surface area is 116 Å². The lowest BCUT2D eigenvalue weighted by atomic mass is 10.3. The van der Waals surface area contributed by atoms with Crippen molar-refractivity contribution >= 4 is 5.97 Å². The normalized spacial score (nSPS) is 11.4. The van der Waals surface area contributed by atoms with Crippen LogP contribution in [0.4, 0.5) is 0 Å². The van der Waals surface area contributed by atoms with Gasteiger partial charge in [0.1, 0.15) is 0 Å². The van der Waals surface area contributed by atoms with Gasteiger partial charge in [-0.3, -0.25) is 9.69 Å². The highest BCUT2D eigenvalue weighted by molar-refractivity contribution is 5.66. The van der Waals surface area contributed by atoms with Gasteiger partial charge in [0.05, 0.1) is 19.2 Å². The maximum absolute atomic E-state index is 10.6. The van der Waals surface area contributed by atoms with Crippen molar-refractivity contribution in [2.24, 2.45) is 0 Å². The van der Waals surface area contributed by atoms with Crippen LogP contribution in [0.15, 0.2) is 27.3 Å². The molecular formula is C13H17N3O4. The van der Waals surface area contributed by atoms with Crippen molar-refractivity contribution in [2.45, 2.75) is 32.9 Å². The quantitative estimate of drug-likeness (QED) is 0.828. The molecule has 2 aromatic heterocycles. The molecule has 0 fully saturated rings. The molecule has 2 aromatic rings. The Morgan fingerprint density at radius 1 is 1.50 bits per heavy atom. The number of carboxylic acids is 1. The van der Waals surface area contributed by atoms with Crippen molar-refractivity contribution in [3.63, 3.8) is 0 Å². The smallest absolute Gasteiger partial charge is 0.304 e. The van der Waals surface area contributed by atoms with Gasteiger partial charge in [-0.05, 0) is 26.0 Å². The molecule has 0 aliphatic heterocycles. The van der Waals surface area contributed by atoms with E-state index < -0.39 is 5.97 Å². The van der Waals surface area contributed by atoms with E-state index in [1.165, 1.54) is 0 Å². The summed E-state index contributed by atoms with van der Waals surface area (Å²) in [5.74, 6) is 0.557. The van der Waals surface area contributed by atoms with Gasteiger partial charge in [-0.25, -0.2) is 0 Å². The van der Waals surface area contributed by atoms with Crippen molar-refractivity contribution in [1.29, 1.82) is 0 Å². The van der Waals surface area contributed by atoms with Gasteiger partial charge in [0.2, 0.25) is 11.7 Å². The molecule has 2 rings (SSSR count). The highest BCUT2D eigenvalue weighted by Gasteiger charge is 2.17. The molecule has 0 aliphatic carbocycles. The van der Waals surface area contributed by atoms with Crippen LogP contribution in [0.1, 0.15) is 26.2 Å². The van der Waals surface area contributed by atoms with Crippen LogP contribution in [0, 0.1) is 0 Å². The molecule has 0 atom stereocenters. The van der Waals surface area contributed by atoms with Crippen LogP contribution < -0.4 is 0 Å². The molecule has 0 aromatic carbocycles. The zero-order valence-corrected chi connectivity index (χ0v) is 11.4. The second-order valence-electron chi connectivity index (χ2n) is 4.70. The third-order valence-electron chi connectivity index (χ3n) is 2.89. The Kier molecular flexibility index (Phi) is 4.52. The van der Waals surface area contributed by atoms with E-state index in [0.717, 1.165) is 0 Å². The van der Waals surface area contributed by atoms with Crippen LogP contribution >= 0.6 is 0 Å². The predicted molar refractivity (Wildman–Crippen MR) is 69.8 cm³/mol. The Bertz CT molecular complexity index is 548. The molecule has 7 nitrogen and oxygen atoms in total. The third kappa shape index (κ3) is 3.67. The van der Waals surface area contributed by atoms with Crippen LogP contribution in [0.3, 0.4) is 0 Å². The summed E-state index contributed by atoms with van der Waals surface area (Å²) in [7, 11) is 0. The van der Waals surface area contributed by atoms with E-state index in [1.54, 1.807) is 18.4 Å². The molecule has 0 bridgehead atoms. The van der Waals surface area contributed by atoms with Gasteiger partial charge in [0.15, 0.2) is 5.76 Å². The molecule has 1 N–H and O–H groups in total. The van der Waals surface area contributed by atoms with Crippen molar-refractivity contribution in [3.8, 4) is 11.6 Å². The fourth-order valence-corrected chi connectivity index (χ4v) is 1.76. The summed E-state index contributed by atoms with van der Waals surface area (Å²) in [5, 5.41) is 12.6. The van der Waals surface area contributed by atoms with Gasteiger partial charge in [-0.2, -0.15) is 4.98 Å². The van der Waals surface area contributed by atoms with E-state index in [2.05, 4.69) is 10.1 Å². The molecule has 2 heterocycles. The molecule has 0 saturated heterocycles. The average molecular weight is 279 g/mol. The lowest BCUT2D eigenvalue weighted by Gasteiger charge is -2.23. The van der Waals surface area contributed by atoms with Crippen LogP contribution in [0.5, 0.6) is 0 Å². The maximum Gasteiger partial charge on any atom is 0.304 e. The Morgan fingerprint density at radius 2 is 2.30 bits per heavy atom. The SMILES string of the molecule is CC(C)N(CCC(=O)O)Cc1nc(-c2ccco2)no1. The van der Waals surface area contributed by atoms with Crippen LogP contribution in [0.25, 0.3) is 11.6 Å². The first-order chi connectivity index (χ1) is 9.56. The first-order valence-corrected chi connectivity index (χ1v) is 6.38. The second-order valence-corrected chi connectivity index (χ2v) is 4.70. The summed E-state index contributed by atoms with van der Waals surface area (Å²) in [4.78, 5) is 16.9. The van der Waals surface area contributed by atoms with E-state index in [9.17, 15) is 4.79 Å². The van der Waals surface area contributed by atoms with Crippen LogP contribution in [-0.4, -0.2) is 38.7 Å². The number of rotatable bonds is 7. The number of aromatic nitrogens is 2. The lowest BCUT2D eigenvalue weighted by Crippen LogP contribution is -2.32. The number of hydrogen-bond donors (Lipinski definition) is 1. The van der Waals surface area contributed by atoms with E-state index in [4.69, 9.17) is 14.0 Å². The second kappa shape index (κ2) is 6.33. The number of hydrogen-bond acceptors (Lipinski definition) is 6. The molecule has 0 aliphatic rings. The first kappa shape index (κ1) is 14.3. The van der Waals surface area contributed by atoms with E-state index in [0.29, 0.717) is 30.6 Å². The molecule has 0 spiro atoms. The lowest BCUT2D eigenvalue weighted by molar-refractivity contribution is -0.137. The van der Waals surface area contributed by atoms with E-state index in [1.807, 2.05) is 18.7 Å². The first-order valence-electron chi connectivity index (χ1n) is 6.38. The number of nitrogens with zero attached hydrogens (tertiary/aromatic N) is 3. The summed E-state index contributed by atoms with van der Waals surface area (Å²) < 4.78 is 10.4. The number of carboxylic acid groups (broad SMARTS) is 1. The summed E-state index contributed by atoms with van der Waals surface area (Å²) in [6.45, 7) is 4.83. The van der Waals surface area contributed by atoms with Gasteiger partial charge in [0.25, 0.3) is 0 Å². The Morgan fingerprint density at radius 3 is 2.90 bits per heavy atom. The summed E-state index contributed by atoms with van der Waals surface area (Å²) in [6.07, 6.45) is 1.62. The molecular weight excluding hydrogens is 262 g/mol. The molecule has 0 radical (unpaired) electrons. The van der Waals surface area contributed by atoms with Crippen molar-refractivity contribution in [2.75, 3.05) is 6.54 Å². The fraction of sp³-hybridized carbons (Fsp3) is 0.462. The highest BCUT2D eigenvalue weighted by atomic mass is 16.5. The largest absolute Gasteiger partial charge is 0.481 e. The maximum atomic E-state index is 10.6. The molecule has 108 valence electrons. The number of aliphatic carboxylic acids is 1. The van der Waals surface area contributed by atoms with Crippen LogP contribution in [0.2, 0.25) is 0 Å². The predicted octanol–water partition coefficient (Wildman–Crippen LogP) is 2.01. The minimum Gasteiger partial charge on any atom is -0.481 e. The van der Waals surface area contributed by atoms with Crippen LogP contribution in [-0.2, 0) is 11.3 Å². The third-order valence-corrected chi connectivity index (χ3v) is 2.89. The van der Waals surface area contributed by atoms with Gasteiger partial charge in [-0.15, -0.1) is 0 Å². The summed E-state index contributed by atoms with van der Waals surface area (Å²) >= 11 is 0. The summed E-state index contributed by atoms with van der Waals surface area (Å²) in [5.41, 5.74) is 0. The minimum atomic E-state index is -0.822. The van der Waals surface area contributed by atoms with E-state index in [-0.39, 0.29) is 12.5 Å². The summed E-state index contributed by atoms with van der Waals surface area (Å²) in [6, 6.07) is 3.69. The fourth-order valence-electron chi connectivity index (χ4n) is 1.76. The molecule has 20 heavy (non-hydrogen) atoms. The van der Waals surface area contributed by atoms with Crippen molar-refractivity contribution < 1.29 is 18.8 Å². The van der Waals surface area contributed by atoms with Gasteiger partial charge < -0.3 is 14.0 Å². The standard InChI is InChI=1S/C13H17N3O4/c1-9(2)16(6-5-12(17)18)8-11-14-13(15-20-11)10-4-3-7-19-10/h3-4,7,9H,5-6,8H2,1-2H3,(H,17,18). The van der Waals surface area contributed by atoms with Gasteiger partial charge in [0, 0.05) is 12.6 Å². The van der Waals surface area contributed by atoms with Crippen molar-refractivity contribution in [1.82, 2.24) is 15.0 Å². The zero-order valence-electron chi connectivity index (χ0n) is 11.4.